The minimum atomic E-state index is -0.527. The molecule has 0 radical (unpaired) electrons. The van der Waals surface area contributed by atoms with E-state index < -0.39 is 10.8 Å². The largest absolute Gasteiger partial charge is 0.360 e. The molecule has 3 aliphatic rings. The molecular weight excluding hydrogens is 466 g/mol. The van der Waals surface area contributed by atoms with Crippen LogP contribution in [0.4, 0.5) is 11.4 Å². The molecule has 2 aliphatic carbocycles. The van der Waals surface area contributed by atoms with E-state index in [9.17, 15) is 19.7 Å². The quantitative estimate of drug-likeness (QED) is 0.440. The molecule has 194 valence electrons. The highest BCUT2D eigenvalue weighted by Crippen LogP contribution is 2.54. The van der Waals surface area contributed by atoms with Crippen molar-refractivity contribution in [1.29, 1.82) is 0 Å². The molecule has 2 saturated carbocycles. The van der Waals surface area contributed by atoms with Gasteiger partial charge in [-0.3, -0.25) is 19.7 Å². The molecule has 0 aromatic heterocycles. The summed E-state index contributed by atoms with van der Waals surface area (Å²) in [5.74, 6) is -0.405. The fraction of sp³-hybridized carbons (Fsp3) is 0.467. The Morgan fingerprint density at radius 2 is 1.65 bits per heavy atom. The highest BCUT2D eigenvalue weighted by atomic mass is 16.6. The molecule has 0 amide bonds. The maximum atomic E-state index is 13.9. The van der Waals surface area contributed by atoms with Crippen molar-refractivity contribution in [3.8, 4) is 0 Å². The van der Waals surface area contributed by atoms with E-state index in [1.807, 2.05) is 30.3 Å². The monoisotopic (exact) mass is 501 g/mol. The fourth-order valence-electron chi connectivity index (χ4n) is 6.84. The maximum absolute atomic E-state index is 13.9. The van der Waals surface area contributed by atoms with Gasteiger partial charge >= 0.3 is 0 Å². The van der Waals surface area contributed by atoms with Crippen molar-refractivity contribution in [2.75, 3.05) is 4.90 Å². The highest BCUT2D eigenvalue weighted by Gasteiger charge is 2.54. The van der Waals surface area contributed by atoms with Crippen LogP contribution in [0, 0.1) is 26.9 Å². The SMILES string of the molecule is CC1(C)CC(=O)C2=C(c3cccc([N+](=O)[O-])c3)C3C(=O)CC(C)(C)CC3N(c3ccc(CN)cc3)C2C1. The lowest BCUT2D eigenvalue weighted by Gasteiger charge is -2.56. The van der Waals surface area contributed by atoms with Gasteiger partial charge in [-0.25, -0.2) is 0 Å². The summed E-state index contributed by atoms with van der Waals surface area (Å²) in [7, 11) is 0. The number of carbonyl (C=O) groups is 2. The Bertz CT molecular complexity index is 1310. The summed E-state index contributed by atoms with van der Waals surface area (Å²) in [4.78, 5) is 41.3. The molecule has 1 heterocycles. The van der Waals surface area contributed by atoms with Crippen LogP contribution in [0.15, 0.2) is 54.1 Å². The summed E-state index contributed by atoms with van der Waals surface area (Å²) in [6.45, 7) is 8.92. The van der Waals surface area contributed by atoms with E-state index in [0.717, 1.165) is 24.1 Å². The summed E-state index contributed by atoms with van der Waals surface area (Å²) in [5.41, 5.74) is 9.37. The van der Waals surface area contributed by atoms with Crippen LogP contribution >= 0.6 is 0 Å². The van der Waals surface area contributed by atoms with Crippen molar-refractivity contribution < 1.29 is 14.5 Å². The Labute approximate surface area is 217 Å². The number of hydrogen-bond donors (Lipinski definition) is 1. The summed E-state index contributed by atoms with van der Waals surface area (Å²) in [6.07, 6.45) is 2.32. The van der Waals surface area contributed by atoms with Crippen LogP contribution in [0.2, 0.25) is 0 Å². The van der Waals surface area contributed by atoms with Crippen LogP contribution in [-0.4, -0.2) is 28.6 Å². The second-order valence-electron chi connectivity index (χ2n) is 12.5. The summed E-state index contributed by atoms with van der Waals surface area (Å²) in [5, 5.41) is 11.6. The van der Waals surface area contributed by atoms with Crippen LogP contribution < -0.4 is 10.6 Å². The Morgan fingerprint density at radius 3 is 2.30 bits per heavy atom. The Balaban J connectivity index is 1.79. The van der Waals surface area contributed by atoms with Gasteiger partial charge in [-0.15, -0.1) is 0 Å². The molecule has 7 nitrogen and oxygen atoms in total. The van der Waals surface area contributed by atoms with E-state index >= 15 is 0 Å². The van der Waals surface area contributed by atoms with E-state index in [2.05, 4.69) is 32.6 Å². The van der Waals surface area contributed by atoms with E-state index in [0.29, 0.717) is 36.1 Å². The number of hydrogen-bond acceptors (Lipinski definition) is 6. The van der Waals surface area contributed by atoms with Gasteiger partial charge < -0.3 is 10.6 Å². The van der Waals surface area contributed by atoms with Gasteiger partial charge in [0.05, 0.1) is 16.9 Å². The van der Waals surface area contributed by atoms with Crippen LogP contribution in [0.25, 0.3) is 5.57 Å². The number of nitro benzene ring substituents is 1. The minimum absolute atomic E-state index is 0.0300. The maximum Gasteiger partial charge on any atom is 0.270 e. The lowest BCUT2D eigenvalue weighted by Crippen LogP contribution is -2.61. The number of nitrogens with zero attached hydrogens (tertiary/aromatic N) is 2. The van der Waals surface area contributed by atoms with Crippen LogP contribution in [0.3, 0.4) is 0 Å². The third kappa shape index (κ3) is 4.50. The molecule has 2 N–H and O–H groups in total. The molecule has 0 bridgehead atoms. The number of non-ortho nitro benzene ring substituents is 1. The molecule has 0 spiro atoms. The number of carbonyl (C=O) groups excluding carboxylic acids is 2. The van der Waals surface area contributed by atoms with Crippen molar-refractivity contribution in [2.45, 2.75) is 72.0 Å². The Hall–Kier alpha value is -3.32. The van der Waals surface area contributed by atoms with Crippen LogP contribution in [0.5, 0.6) is 0 Å². The topological polar surface area (TPSA) is 107 Å². The minimum Gasteiger partial charge on any atom is -0.360 e. The number of benzene rings is 2. The van der Waals surface area contributed by atoms with Gasteiger partial charge in [-0.05, 0) is 52.5 Å². The number of anilines is 1. The Morgan fingerprint density at radius 1 is 0.973 bits per heavy atom. The molecule has 7 heteroatoms. The number of Topliss-reactive ketones (excluding diaryl/α,β-unsaturated/α-hetero) is 2. The van der Waals surface area contributed by atoms with Crippen molar-refractivity contribution >= 4 is 28.5 Å². The van der Waals surface area contributed by atoms with E-state index in [1.54, 1.807) is 6.07 Å². The highest BCUT2D eigenvalue weighted by molar-refractivity contribution is 6.11. The molecular formula is C30H35N3O4. The van der Waals surface area contributed by atoms with Gasteiger partial charge in [0.15, 0.2) is 5.78 Å². The molecule has 2 fully saturated rings. The average molecular weight is 502 g/mol. The van der Waals surface area contributed by atoms with Crippen molar-refractivity contribution in [3.63, 3.8) is 0 Å². The molecule has 2 aromatic carbocycles. The smallest absolute Gasteiger partial charge is 0.270 e. The van der Waals surface area contributed by atoms with Gasteiger partial charge in [0.1, 0.15) is 5.78 Å². The fourth-order valence-corrected chi connectivity index (χ4v) is 6.84. The van der Waals surface area contributed by atoms with Gasteiger partial charge in [0.25, 0.3) is 5.69 Å². The molecule has 5 rings (SSSR count). The van der Waals surface area contributed by atoms with Gasteiger partial charge in [-0.1, -0.05) is 52.0 Å². The molecule has 1 aliphatic heterocycles. The van der Waals surface area contributed by atoms with Crippen molar-refractivity contribution in [1.82, 2.24) is 0 Å². The third-order valence-electron chi connectivity index (χ3n) is 8.30. The lowest BCUT2D eigenvalue weighted by atomic mass is 9.59. The van der Waals surface area contributed by atoms with Crippen molar-refractivity contribution in [2.24, 2.45) is 22.5 Å². The summed E-state index contributed by atoms with van der Waals surface area (Å²) in [6, 6.07) is 14.2. The van der Waals surface area contributed by atoms with Gasteiger partial charge in [0.2, 0.25) is 0 Å². The molecule has 3 unspecified atom stereocenters. The number of ketones is 2. The summed E-state index contributed by atoms with van der Waals surface area (Å²) >= 11 is 0. The second kappa shape index (κ2) is 8.91. The van der Waals surface area contributed by atoms with Crippen LogP contribution in [0.1, 0.15) is 64.5 Å². The van der Waals surface area contributed by atoms with Gasteiger partial charge in [-0.2, -0.15) is 0 Å². The predicted molar refractivity (Wildman–Crippen MR) is 144 cm³/mol. The zero-order valence-corrected chi connectivity index (χ0v) is 22.0. The molecule has 2 aromatic rings. The zero-order chi connectivity index (χ0) is 26.7. The first-order valence-electron chi connectivity index (χ1n) is 13.0. The first-order valence-corrected chi connectivity index (χ1v) is 13.0. The van der Waals surface area contributed by atoms with Crippen molar-refractivity contribution in [3.05, 3.63) is 75.3 Å². The van der Waals surface area contributed by atoms with Crippen LogP contribution in [-0.2, 0) is 16.1 Å². The first-order chi connectivity index (χ1) is 17.4. The predicted octanol–water partition coefficient (Wildman–Crippen LogP) is 5.46. The average Bonchev–Trinajstić information content (AvgIpc) is 2.81. The second-order valence-corrected chi connectivity index (χ2v) is 12.5. The number of nitro groups is 1. The molecule has 3 atom stereocenters. The standard InChI is InChI=1S/C30H35N3O4/c1-29(2)13-22-27(24(34)15-29)26(19-6-5-7-21(12-19)33(36)37)28-23(14-30(3,4)16-25(28)35)32(22)20-10-8-18(17-31)9-11-20/h5-12,22-23,27H,13-17,31H2,1-4H3. The molecule has 0 saturated heterocycles. The van der Waals surface area contributed by atoms with Gasteiger partial charge in [0, 0.05) is 48.8 Å². The normalized spacial score (nSPS) is 26.5. The first kappa shape index (κ1) is 25.3. The molecule has 37 heavy (non-hydrogen) atoms. The number of rotatable bonds is 4. The summed E-state index contributed by atoms with van der Waals surface area (Å²) < 4.78 is 0. The lowest BCUT2D eigenvalue weighted by molar-refractivity contribution is -0.384. The zero-order valence-electron chi connectivity index (χ0n) is 22.0. The number of fused-ring (bicyclic) bond motifs is 2. The third-order valence-corrected chi connectivity index (χ3v) is 8.30. The van der Waals surface area contributed by atoms with E-state index in [4.69, 9.17) is 5.73 Å². The number of nitrogens with two attached hydrogens (primary N) is 1. The Kier molecular flexibility index (Phi) is 6.10. The van der Waals surface area contributed by atoms with E-state index in [-0.39, 0.29) is 40.2 Å². The van der Waals surface area contributed by atoms with E-state index in [1.165, 1.54) is 12.1 Å².